The maximum Gasteiger partial charge on any atom is 0.227 e. The minimum atomic E-state index is 0.611. The third kappa shape index (κ3) is 5.64. The second-order valence-electron chi connectivity index (χ2n) is 8.97. The second-order valence-corrected chi connectivity index (χ2v) is 10.1. The van der Waals surface area contributed by atoms with E-state index in [4.69, 9.17) is 9.72 Å². The normalized spacial score (nSPS) is 18.2. The molecule has 8 heteroatoms. The van der Waals surface area contributed by atoms with Crippen LogP contribution in [0.2, 0.25) is 0 Å². The Morgan fingerprint density at radius 1 is 0.971 bits per heavy atom. The van der Waals surface area contributed by atoms with Gasteiger partial charge in [0.2, 0.25) is 5.95 Å². The van der Waals surface area contributed by atoms with E-state index in [1.165, 1.54) is 16.1 Å². The highest BCUT2D eigenvalue weighted by Crippen LogP contribution is 2.30. The molecule has 1 N–H and O–H groups in total. The van der Waals surface area contributed by atoms with Crippen molar-refractivity contribution in [3.05, 3.63) is 65.2 Å². The molecule has 178 valence electrons. The molecule has 0 saturated carbocycles. The summed E-state index contributed by atoms with van der Waals surface area (Å²) in [5, 5.41) is 3.44. The lowest BCUT2D eigenvalue weighted by molar-refractivity contribution is 0.151. The Hall–Kier alpha value is -2.78. The number of nitrogens with zero attached hydrogens (tertiary/aromatic N) is 5. The predicted octanol–water partition coefficient (Wildman–Crippen LogP) is 4.22. The molecule has 0 aliphatic carbocycles. The van der Waals surface area contributed by atoms with Gasteiger partial charge in [0.25, 0.3) is 0 Å². The van der Waals surface area contributed by atoms with Gasteiger partial charge in [-0.05, 0) is 56.1 Å². The zero-order valence-electron chi connectivity index (χ0n) is 19.9. The summed E-state index contributed by atoms with van der Waals surface area (Å²) < 4.78 is 5.86. The van der Waals surface area contributed by atoms with E-state index >= 15 is 0 Å². The molecule has 2 aliphatic rings. The van der Waals surface area contributed by atoms with Crippen molar-refractivity contribution in [1.82, 2.24) is 19.8 Å². The van der Waals surface area contributed by atoms with E-state index in [0.29, 0.717) is 19.2 Å². The van der Waals surface area contributed by atoms with E-state index in [0.717, 1.165) is 55.5 Å². The quantitative estimate of drug-likeness (QED) is 0.528. The van der Waals surface area contributed by atoms with Gasteiger partial charge in [-0.25, -0.2) is 9.97 Å². The minimum absolute atomic E-state index is 0.611. The van der Waals surface area contributed by atoms with Crippen LogP contribution in [0.25, 0.3) is 10.6 Å². The largest absolute Gasteiger partial charge is 0.372 e. The van der Waals surface area contributed by atoms with Crippen molar-refractivity contribution in [2.45, 2.75) is 13.2 Å². The van der Waals surface area contributed by atoms with E-state index in [1.54, 1.807) is 11.3 Å². The third-order valence-electron chi connectivity index (χ3n) is 6.23. The second kappa shape index (κ2) is 10.7. The number of nitrogens with one attached hydrogen (secondary N) is 1. The summed E-state index contributed by atoms with van der Waals surface area (Å²) in [6.45, 7) is 7.23. The third-order valence-corrected chi connectivity index (χ3v) is 7.31. The summed E-state index contributed by atoms with van der Waals surface area (Å²) in [6.07, 6.45) is 6.13. The van der Waals surface area contributed by atoms with Gasteiger partial charge in [-0.2, -0.15) is 0 Å². The SMILES string of the molecule is CN1CCN(c2ccc3cc2CN(C)CC=CCOCc2ccc(s2)-c2ccnc(n2)N3)CC1. The van der Waals surface area contributed by atoms with Gasteiger partial charge in [0.05, 0.1) is 23.8 Å². The number of anilines is 3. The lowest BCUT2D eigenvalue weighted by Crippen LogP contribution is -2.45. The molecule has 34 heavy (non-hydrogen) atoms. The van der Waals surface area contributed by atoms with Crippen molar-refractivity contribution in [2.24, 2.45) is 0 Å². The first kappa shape index (κ1) is 23.0. The van der Waals surface area contributed by atoms with Crippen LogP contribution in [0.1, 0.15) is 10.4 Å². The van der Waals surface area contributed by atoms with Gasteiger partial charge in [-0.1, -0.05) is 12.2 Å². The summed E-state index contributed by atoms with van der Waals surface area (Å²) in [5.41, 5.74) is 4.55. The molecule has 1 fully saturated rings. The average Bonchev–Trinajstić information content (AvgIpc) is 3.31. The topological polar surface area (TPSA) is 56.8 Å². The zero-order chi connectivity index (χ0) is 23.3. The zero-order valence-corrected chi connectivity index (χ0v) is 20.7. The van der Waals surface area contributed by atoms with Crippen LogP contribution >= 0.6 is 11.3 Å². The highest BCUT2D eigenvalue weighted by molar-refractivity contribution is 7.15. The molecular weight excluding hydrogens is 444 g/mol. The fraction of sp³-hybridized carbons (Fsp3) is 0.385. The van der Waals surface area contributed by atoms with Crippen molar-refractivity contribution < 1.29 is 4.74 Å². The molecule has 2 aliphatic heterocycles. The number of fused-ring (bicyclic) bond motifs is 7. The Balaban J connectivity index is 1.47. The summed E-state index contributed by atoms with van der Waals surface area (Å²) in [7, 11) is 4.36. The van der Waals surface area contributed by atoms with Crippen LogP contribution in [-0.4, -0.2) is 73.2 Å². The average molecular weight is 477 g/mol. The highest BCUT2D eigenvalue weighted by Gasteiger charge is 2.18. The smallest absolute Gasteiger partial charge is 0.227 e. The number of likely N-dealkylation sites (N-methyl/N-ethyl adjacent to an activating group) is 2. The van der Waals surface area contributed by atoms with Crippen molar-refractivity contribution in [2.75, 3.05) is 63.6 Å². The first-order chi connectivity index (χ1) is 16.6. The number of hydrogen-bond acceptors (Lipinski definition) is 8. The van der Waals surface area contributed by atoms with Gasteiger partial charge >= 0.3 is 0 Å². The molecule has 0 unspecified atom stereocenters. The molecule has 0 atom stereocenters. The number of ether oxygens (including phenoxy) is 1. The van der Waals surface area contributed by atoms with E-state index < -0.39 is 0 Å². The predicted molar refractivity (Wildman–Crippen MR) is 140 cm³/mol. The summed E-state index contributed by atoms with van der Waals surface area (Å²) in [4.78, 5) is 18.8. The first-order valence-corrected chi connectivity index (χ1v) is 12.6. The fourth-order valence-corrected chi connectivity index (χ4v) is 5.24. The summed E-state index contributed by atoms with van der Waals surface area (Å²) in [5.74, 6) is 0.611. The Morgan fingerprint density at radius 3 is 2.74 bits per heavy atom. The van der Waals surface area contributed by atoms with Crippen LogP contribution in [0.3, 0.4) is 0 Å². The maximum absolute atomic E-state index is 5.86. The summed E-state index contributed by atoms with van der Waals surface area (Å²) >= 11 is 1.71. The van der Waals surface area contributed by atoms with Crippen LogP contribution in [-0.2, 0) is 17.9 Å². The van der Waals surface area contributed by atoms with Gasteiger partial charge in [0.15, 0.2) is 0 Å². The molecule has 1 saturated heterocycles. The highest BCUT2D eigenvalue weighted by atomic mass is 32.1. The Bertz CT molecular complexity index is 1140. The van der Waals surface area contributed by atoms with Crippen molar-refractivity contribution >= 4 is 28.7 Å². The van der Waals surface area contributed by atoms with Crippen molar-refractivity contribution in [3.63, 3.8) is 0 Å². The molecule has 0 radical (unpaired) electrons. The van der Waals surface area contributed by atoms with Gasteiger partial charge in [0.1, 0.15) is 0 Å². The van der Waals surface area contributed by atoms with Gasteiger partial charge in [-0.3, -0.25) is 4.90 Å². The van der Waals surface area contributed by atoms with E-state index in [9.17, 15) is 0 Å². The van der Waals surface area contributed by atoms with Gasteiger partial charge < -0.3 is 19.9 Å². The number of rotatable bonds is 1. The molecule has 0 spiro atoms. The van der Waals surface area contributed by atoms with Gasteiger partial charge in [-0.15, -0.1) is 11.3 Å². The van der Waals surface area contributed by atoms with Crippen molar-refractivity contribution in [3.8, 4) is 10.6 Å². The molecule has 2 aromatic heterocycles. The molecular formula is C26H32N6OS. The number of benzene rings is 1. The van der Waals surface area contributed by atoms with Crippen molar-refractivity contribution in [1.29, 1.82) is 0 Å². The van der Waals surface area contributed by atoms with Crippen LogP contribution < -0.4 is 10.2 Å². The fourth-order valence-electron chi connectivity index (χ4n) is 4.33. The maximum atomic E-state index is 5.86. The Labute approximate surface area is 205 Å². The number of aromatic nitrogens is 2. The lowest BCUT2D eigenvalue weighted by atomic mass is 10.1. The molecule has 5 rings (SSSR count). The summed E-state index contributed by atoms with van der Waals surface area (Å²) in [6, 6.07) is 12.8. The first-order valence-electron chi connectivity index (χ1n) is 11.8. The van der Waals surface area contributed by atoms with Crippen LogP contribution in [0.4, 0.5) is 17.3 Å². The molecule has 7 nitrogen and oxygen atoms in total. The van der Waals surface area contributed by atoms with Gasteiger partial charge in [0, 0.05) is 61.7 Å². The minimum Gasteiger partial charge on any atom is -0.372 e. The Morgan fingerprint density at radius 2 is 1.85 bits per heavy atom. The molecule has 6 bridgehead atoms. The number of piperazine rings is 1. The molecule has 3 aromatic rings. The van der Waals surface area contributed by atoms with Crippen LogP contribution in [0, 0.1) is 0 Å². The number of thiophene rings is 1. The van der Waals surface area contributed by atoms with Crippen LogP contribution in [0.5, 0.6) is 0 Å². The molecule has 4 heterocycles. The molecule has 1 aromatic carbocycles. The number of hydrogen-bond donors (Lipinski definition) is 1. The standard InChI is InChI=1S/C26H32N6OS/c1-30-12-14-32(15-13-30)24-7-5-21-17-20(24)18-31(2)11-3-4-16-33-19-22-6-8-25(34-22)23-9-10-27-26(28-21)29-23/h3-10,17H,11-16,18-19H2,1-2H3,(H,27,28,29). The monoisotopic (exact) mass is 476 g/mol. The van der Waals surface area contributed by atoms with Crippen LogP contribution in [0.15, 0.2) is 54.7 Å². The molecule has 0 amide bonds. The van der Waals surface area contributed by atoms with E-state index in [1.807, 2.05) is 12.3 Å². The Kier molecular flexibility index (Phi) is 7.20. The van der Waals surface area contributed by atoms with E-state index in [-0.39, 0.29) is 0 Å². The lowest BCUT2D eigenvalue weighted by Gasteiger charge is -2.35. The van der Waals surface area contributed by atoms with E-state index in [2.05, 4.69) is 81.6 Å².